The Morgan fingerprint density at radius 2 is 2.11 bits per heavy atom. The third-order valence-corrected chi connectivity index (χ3v) is 4.29. The van der Waals surface area contributed by atoms with Crippen molar-refractivity contribution in [2.45, 2.75) is 25.2 Å². The van der Waals surface area contributed by atoms with Gasteiger partial charge in [-0.15, -0.1) is 0 Å². The highest BCUT2D eigenvalue weighted by atomic mass is 32.2. The maximum Gasteiger partial charge on any atom is 0.218 e. The first-order valence-electron chi connectivity index (χ1n) is 5.42. The predicted octanol–water partition coefficient (Wildman–Crippen LogP) is 1.54. The van der Waals surface area contributed by atoms with Gasteiger partial charge in [0.1, 0.15) is 6.07 Å². The average molecular weight is 264 g/mol. The van der Waals surface area contributed by atoms with Crippen molar-refractivity contribution in [1.29, 1.82) is 5.26 Å². The average Bonchev–Trinajstić information content (AvgIpc) is 2.81. The smallest absolute Gasteiger partial charge is 0.218 e. The minimum atomic E-state index is -3.50. The summed E-state index contributed by atoms with van der Waals surface area (Å²) < 4.78 is 24.1. The van der Waals surface area contributed by atoms with Gasteiger partial charge in [0.2, 0.25) is 6.10 Å². The van der Waals surface area contributed by atoms with Crippen molar-refractivity contribution in [3.8, 4) is 6.07 Å². The summed E-state index contributed by atoms with van der Waals surface area (Å²) in [6, 6.07) is 9.09. The number of rotatable bonds is 2. The summed E-state index contributed by atoms with van der Waals surface area (Å²) in [6.07, 6.45) is -0.752. The van der Waals surface area contributed by atoms with Crippen LogP contribution in [0.25, 0.3) is 0 Å². The third kappa shape index (κ3) is 2.68. The van der Waals surface area contributed by atoms with Crippen LogP contribution in [0.5, 0.6) is 0 Å². The molecule has 0 saturated carbocycles. The van der Waals surface area contributed by atoms with Crippen LogP contribution in [0.15, 0.2) is 29.4 Å². The van der Waals surface area contributed by atoms with Gasteiger partial charge in [-0.05, 0) is 12.5 Å². The number of aryl methyl sites for hydroxylation is 1. The van der Waals surface area contributed by atoms with Crippen molar-refractivity contribution >= 4 is 14.9 Å². The van der Waals surface area contributed by atoms with Crippen LogP contribution in [0.3, 0.4) is 0 Å². The van der Waals surface area contributed by atoms with Crippen LogP contribution in [-0.4, -0.2) is 19.6 Å². The quantitative estimate of drug-likeness (QED) is 0.811. The van der Waals surface area contributed by atoms with E-state index in [1.807, 2.05) is 25.1 Å². The Kier molecular flexibility index (Phi) is 3.34. The van der Waals surface area contributed by atoms with Crippen molar-refractivity contribution in [2.75, 3.05) is 0 Å². The summed E-state index contributed by atoms with van der Waals surface area (Å²) in [4.78, 5) is 4.71. The lowest BCUT2D eigenvalue weighted by Gasteiger charge is -2.03. The van der Waals surface area contributed by atoms with Gasteiger partial charge in [0.15, 0.2) is 14.9 Å². The van der Waals surface area contributed by atoms with E-state index in [9.17, 15) is 8.42 Å². The number of benzene rings is 1. The highest BCUT2D eigenvalue weighted by Crippen LogP contribution is 2.17. The lowest BCUT2D eigenvalue weighted by atomic mass is 10.2. The summed E-state index contributed by atoms with van der Waals surface area (Å²) in [7, 11) is -3.50. The summed E-state index contributed by atoms with van der Waals surface area (Å²) in [5.74, 6) is -0.117. The van der Waals surface area contributed by atoms with E-state index in [1.165, 1.54) is 0 Å². The van der Waals surface area contributed by atoms with Crippen LogP contribution >= 0.6 is 0 Å². The fraction of sp³-hybridized carbons (Fsp3) is 0.333. The zero-order valence-electron chi connectivity index (χ0n) is 9.83. The lowest BCUT2D eigenvalue weighted by Crippen LogP contribution is -2.17. The minimum Gasteiger partial charge on any atom is -0.376 e. The molecule has 6 heteroatoms. The first-order chi connectivity index (χ1) is 8.51. The van der Waals surface area contributed by atoms with Gasteiger partial charge in [-0.1, -0.05) is 35.0 Å². The normalized spacial score (nSPS) is 18.9. The molecular weight excluding hydrogens is 252 g/mol. The molecule has 18 heavy (non-hydrogen) atoms. The van der Waals surface area contributed by atoms with Crippen LogP contribution in [-0.2, 0) is 20.4 Å². The summed E-state index contributed by atoms with van der Waals surface area (Å²) >= 11 is 0. The molecule has 1 heterocycles. The standard InChI is InChI=1S/C12H12N2O3S/c1-9-2-4-10(5-3-9)8-18(15,16)12-6-11(7-13)17-14-12/h2-5,11H,6,8H2,1H3. The topological polar surface area (TPSA) is 79.5 Å². The van der Waals surface area contributed by atoms with E-state index in [0.717, 1.165) is 5.56 Å². The molecule has 0 radical (unpaired) electrons. The van der Waals surface area contributed by atoms with Crippen LogP contribution in [0.1, 0.15) is 17.5 Å². The molecule has 5 nitrogen and oxygen atoms in total. The van der Waals surface area contributed by atoms with Gasteiger partial charge < -0.3 is 4.84 Å². The number of hydrogen-bond donors (Lipinski definition) is 0. The molecule has 1 aliphatic heterocycles. The van der Waals surface area contributed by atoms with E-state index in [-0.39, 0.29) is 17.2 Å². The molecule has 1 aromatic carbocycles. The second-order valence-corrected chi connectivity index (χ2v) is 6.15. The van der Waals surface area contributed by atoms with Gasteiger partial charge in [-0.3, -0.25) is 0 Å². The number of sulfone groups is 1. The number of oxime groups is 1. The molecule has 1 aromatic rings. The van der Waals surface area contributed by atoms with Gasteiger partial charge in [0.25, 0.3) is 0 Å². The highest BCUT2D eigenvalue weighted by molar-refractivity contribution is 8.05. The maximum absolute atomic E-state index is 12.0. The Bertz CT molecular complexity index is 612. The van der Waals surface area contributed by atoms with Crippen LogP contribution in [0, 0.1) is 18.3 Å². The molecule has 94 valence electrons. The molecule has 1 atom stereocenters. The second kappa shape index (κ2) is 4.78. The highest BCUT2D eigenvalue weighted by Gasteiger charge is 2.30. The summed E-state index contributed by atoms with van der Waals surface area (Å²) in [6.45, 7) is 1.94. The lowest BCUT2D eigenvalue weighted by molar-refractivity contribution is 0.125. The van der Waals surface area contributed by atoms with Crippen LogP contribution in [0.4, 0.5) is 0 Å². The molecule has 0 aromatic heterocycles. The van der Waals surface area contributed by atoms with Crippen molar-refractivity contribution in [2.24, 2.45) is 5.16 Å². The zero-order chi connectivity index (χ0) is 13.2. The van der Waals surface area contributed by atoms with E-state index in [0.29, 0.717) is 5.56 Å². The maximum atomic E-state index is 12.0. The van der Waals surface area contributed by atoms with Gasteiger partial charge >= 0.3 is 0 Å². The first-order valence-corrected chi connectivity index (χ1v) is 7.07. The third-order valence-electron chi connectivity index (χ3n) is 2.62. The Balaban J connectivity index is 2.14. The Morgan fingerprint density at radius 3 is 2.67 bits per heavy atom. The van der Waals surface area contributed by atoms with E-state index in [2.05, 4.69) is 5.16 Å². The van der Waals surface area contributed by atoms with E-state index >= 15 is 0 Å². The monoisotopic (exact) mass is 264 g/mol. The number of nitrogens with zero attached hydrogens (tertiary/aromatic N) is 2. The Labute approximate surface area is 106 Å². The van der Waals surface area contributed by atoms with Gasteiger partial charge in [0.05, 0.1) is 12.2 Å². The second-order valence-electron chi connectivity index (χ2n) is 4.16. The number of nitriles is 1. The largest absolute Gasteiger partial charge is 0.376 e. The Hall–Kier alpha value is -1.87. The van der Waals surface area contributed by atoms with Gasteiger partial charge in [0, 0.05) is 0 Å². The van der Waals surface area contributed by atoms with E-state index in [1.54, 1.807) is 12.1 Å². The van der Waals surface area contributed by atoms with Crippen molar-refractivity contribution in [3.63, 3.8) is 0 Å². The minimum absolute atomic E-state index is 0.0324. The SMILES string of the molecule is Cc1ccc(CS(=O)(=O)C2=NOC(C#N)C2)cc1. The molecule has 1 aliphatic rings. The molecule has 2 rings (SSSR count). The summed E-state index contributed by atoms with van der Waals surface area (Å²) in [5.41, 5.74) is 1.77. The van der Waals surface area contributed by atoms with Crippen molar-refractivity contribution in [1.82, 2.24) is 0 Å². The fourth-order valence-electron chi connectivity index (χ4n) is 1.60. The van der Waals surface area contributed by atoms with E-state index < -0.39 is 15.9 Å². The van der Waals surface area contributed by atoms with Crippen LogP contribution in [0.2, 0.25) is 0 Å². The van der Waals surface area contributed by atoms with E-state index in [4.69, 9.17) is 10.1 Å². The molecular formula is C12H12N2O3S. The van der Waals surface area contributed by atoms with Crippen molar-refractivity contribution in [3.05, 3.63) is 35.4 Å². The van der Waals surface area contributed by atoms with Crippen LogP contribution < -0.4 is 0 Å². The molecule has 0 aliphatic carbocycles. The Morgan fingerprint density at radius 1 is 1.44 bits per heavy atom. The first kappa shape index (κ1) is 12.6. The molecule has 0 amide bonds. The molecule has 0 bridgehead atoms. The fourth-order valence-corrected chi connectivity index (χ4v) is 2.96. The molecule has 0 N–H and O–H groups in total. The molecule has 0 spiro atoms. The van der Waals surface area contributed by atoms with Crippen molar-refractivity contribution < 1.29 is 13.3 Å². The predicted molar refractivity (Wildman–Crippen MR) is 66.3 cm³/mol. The summed E-state index contributed by atoms with van der Waals surface area (Å²) in [5, 5.41) is 12.1. The van der Waals surface area contributed by atoms with Gasteiger partial charge in [-0.2, -0.15) is 5.26 Å². The molecule has 0 saturated heterocycles. The molecule has 0 fully saturated rings. The molecule has 1 unspecified atom stereocenters. The zero-order valence-corrected chi connectivity index (χ0v) is 10.6. The van der Waals surface area contributed by atoms with Gasteiger partial charge in [-0.25, -0.2) is 8.42 Å². The number of hydrogen-bond acceptors (Lipinski definition) is 5.